The van der Waals surface area contributed by atoms with Crippen molar-refractivity contribution in [2.45, 2.75) is 19.4 Å². The Kier molecular flexibility index (Phi) is 3.28. The Balaban J connectivity index is 2.26. The highest BCUT2D eigenvalue weighted by Gasteiger charge is 2.10. The van der Waals surface area contributed by atoms with Gasteiger partial charge in [-0.1, -0.05) is 36.4 Å². The predicted octanol–water partition coefficient (Wildman–Crippen LogP) is 3.08. The van der Waals surface area contributed by atoms with Gasteiger partial charge in [-0.15, -0.1) is 0 Å². The van der Waals surface area contributed by atoms with Crippen LogP contribution in [-0.2, 0) is 4.79 Å². The summed E-state index contributed by atoms with van der Waals surface area (Å²) in [6.45, 7) is 1.76. The standard InChI is InChI=1S/C14H14O3/c1-10(9-14(15)16)17-13-8-4-6-11-5-2-3-7-12(11)13/h2-8,10H,9H2,1H3,(H,15,16). The summed E-state index contributed by atoms with van der Waals surface area (Å²) in [5, 5.41) is 10.8. The average molecular weight is 230 g/mol. The monoisotopic (exact) mass is 230 g/mol. The molecule has 0 amide bonds. The van der Waals surface area contributed by atoms with Gasteiger partial charge in [0, 0.05) is 5.39 Å². The molecule has 0 aliphatic heterocycles. The van der Waals surface area contributed by atoms with Crippen LogP contribution in [0.4, 0.5) is 0 Å². The molecule has 0 saturated carbocycles. The van der Waals surface area contributed by atoms with Gasteiger partial charge in [0.15, 0.2) is 0 Å². The van der Waals surface area contributed by atoms with Crippen LogP contribution < -0.4 is 4.74 Å². The van der Waals surface area contributed by atoms with Crippen molar-refractivity contribution in [3.05, 3.63) is 42.5 Å². The number of ether oxygens (including phenoxy) is 1. The van der Waals surface area contributed by atoms with E-state index in [0.717, 1.165) is 16.5 Å². The number of hydrogen-bond acceptors (Lipinski definition) is 2. The Morgan fingerprint density at radius 1 is 1.24 bits per heavy atom. The summed E-state index contributed by atoms with van der Waals surface area (Å²) in [6, 6.07) is 13.7. The van der Waals surface area contributed by atoms with Gasteiger partial charge in [-0.25, -0.2) is 0 Å². The maximum Gasteiger partial charge on any atom is 0.307 e. The molecular formula is C14H14O3. The molecule has 3 heteroatoms. The highest BCUT2D eigenvalue weighted by molar-refractivity contribution is 5.88. The van der Waals surface area contributed by atoms with E-state index in [-0.39, 0.29) is 12.5 Å². The fourth-order valence-corrected chi connectivity index (χ4v) is 1.80. The van der Waals surface area contributed by atoms with E-state index in [0.29, 0.717) is 0 Å². The van der Waals surface area contributed by atoms with Crippen LogP contribution in [0, 0.1) is 0 Å². The van der Waals surface area contributed by atoms with E-state index in [1.54, 1.807) is 6.92 Å². The quantitative estimate of drug-likeness (QED) is 0.877. The van der Waals surface area contributed by atoms with Crippen LogP contribution in [0.15, 0.2) is 42.5 Å². The highest BCUT2D eigenvalue weighted by Crippen LogP contribution is 2.26. The molecule has 1 N–H and O–H groups in total. The fourth-order valence-electron chi connectivity index (χ4n) is 1.80. The topological polar surface area (TPSA) is 46.5 Å². The number of carbonyl (C=O) groups is 1. The first-order valence-corrected chi connectivity index (χ1v) is 5.53. The van der Waals surface area contributed by atoms with Crippen molar-refractivity contribution in [2.24, 2.45) is 0 Å². The van der Waals surface area contributed by atoms with Gasteiger partial charge >= 0.3 is 5.97 Å². The van der Waals surface area contributed by atoms with Gasteiger partial charge in [-0.3, -0.25) is 4.79 Å². The molecule has 1 unspecified atom stereocenters. The van der Waals surface area contributed by atoms with E-state index in [9.17, 15) is 4.79 Å². The van der Waals surface area contributed by atoms with Crippen molar-refractivity contribution in [2.75, 3.05) is 0 Å². The SMILES string of the molecule is CC(CC(=O)O)Oc1cccc2ccccc12. The third kappa shape index (κ3) is 2.75. The second-order valence-electron chi connectivity index (χ2n) is 4.00. The maximum atomic E-state index is 10.6. The third-order valence-corrected chi connectivity index (χ3v) is 2.54. The summed E-state index contributed by atoms with van der Waals surface area (Å²) >= 11 is 0. The molecule has 0 fully saturated rings. The lowest BCUT2D eigenvalue weighted by Crippen LogP contribution is -2.16. The minimum Gasteiger partial charge on any atom is -0.489 e. The minimum absolute atomic E-state index is 0.00320. The van der Waals surface area contributed by atoms with Gasteiger partial charge < -0.3 is 9.84 Å². The lowest BCUT2D eigenvalue weighted by molar-refractivity contribution is -0.138. The van der Waals surface area contributed by atoms with Crippen molar-refractivity contribution >= 4 is 16.7 Å². The number of rotatable bonds is 4. The molecule has 3 nitrogen and oxygen atoms in total. The lowest BCUT2D eigenvalue weighted by Gasteiger charge is -2.14. The fraction of sp³-hybridized carbons (Fsp3) is 0.214. The zero-order chi connectivity index (χ0) is 12.3. The van der Waals surface area contributed by atoms with E-state index in [2.05, 4.69) is 0 Å². The van der Waals surface area contributed by atoms with Crippen molar-refractivity contribution in [1.29, 1.82) is 0 Å². The Morgan fingerprint density at radius 3 is 2.71 bits per heavy atom. The normalized spacial score (nSPS) is 12.3. The molecule has 0 spiro atoms. The summed E-state index contributed by atoms with van der Waals surface area (Å²) in [5.41, 5.74) is 0. The molecule has 88 valence electrons. The Hall–Kier alpha value is -2.03. The Morgan fingerprint density at radius 2 is 1.94 bits per heavy atom. The first-order valence-electron chi connectivity index (χ1n) is 5.53. The van der Waals surface area contributed by atoms with E-state index in [1.807, 2.05) is 42.5 Å². The zero-order valence-corrected chi connectivity index (χ0v) is 9.59. The number of carboxylic acid groups (broad SMARTS) is 1. The lowest BCUT2D eigenvalue weighted by atomic mass is 10.1. The molecule has 0 aromatic heterocycles. The largest absolute Gasteiger partial charge is 0.489 e. The minimum atomic E-state index is -0.849. The van der Waals surface area contributed by atoms with E-state index in [4.69, 9.17) is 9.84 Å². The Bertz CT molecular complexity index is 528. The van der Waals surface area contributed by atoms with Crippen LogP contribution in [0.3, 0.4) is 0 Å². The molecule has 0 heterocycles. The van der Waals surface area contributed by atoms with Gasteiger partial charge in [0.05, 0.1) is 6.42 Å². The second-order valence-corrected chi connectivity index (χ2v) is 4.00. The number of benzene rings is 2. The summed E-state index contributed by atoms with van der Waals surface area (Å²) in [5.74, 6) is -0.116. The summed E-state index contributed by atoms with van der Waals surface area (Å²) in [7, 11) is 0. The van der Waals surface area contributed by atoms with Gasteiger partial charge in [0.25, 0.3) is 0 Å². The molecule has 0 aliphatic rings. The average Bonchev–Trinajstić information content (AvgIpc) is 2.28. The smallest absolute Gasteiger partial charge is 0.307 e. The molecule has 17 heavy (non-hydrogen) atoms. The summed E-state index contributed by atoms with van der Waals surface area (Å²) < 4.78 is 5.66. The number of carboxylic acids is 1. The van der Waals surface area contributed by atoms with Crippen molar-refractivity contribution in [3.8, 4) is 5.75 Å². The van der Waals surface area contributed by atoms with E-state index < -0.39 is 5.97 Å². The van der Waals surface area contributed by atoms with E-state index in [1.165, 1.54) is 0 Å². The first-order chi connectivity index (χ1) is 8.16. The molecule has 0 saturated heterocycles. The molecule has 0 aliphatic carbocycles. The third-order valence-electron chi connectivity index (χ3n) is 2.54. The van der Waals surface area contributed by atoms with E-state index >= 15 is 0 Å². The molecule has 0 bridgehead atoms. The van der Waals surface area contributed by atoms with Crippen molar-refractivity contribution in [1.82, 2.24) is 0 Å². The second kappa shape index (κ2) is 4.87. The number of fused-ring (bicyclic) bond motifs is 1. The van der Waals surface area contributed by atoms with Gasteiger partial charge in [-0.05, 0) is 18.4 Å². The molecule has 0 radical (unpaired) electrons. The summed E-state index contributed by atoms with van der Waals surface area (Å²) in [4.78, 5) is 10.6. The van der Waals surface area contributed by atoms with Crippen LogP contribution in [0.5, 0.6) is 5.75 Å². The number of aliphatic carboxylic acids is 1. The molecule has 2 aromatic carbocycles. The van der Waals surface area contributed by atoms with Crippen LogP contribution in [0.25, 0.3) is 10.8 Å². The molecule has 2 aromatic rings. The highest BCUT2D eigenvalue weighted by atomic mass is 16.5. The van der Waals surface area contributed by atoms with Crippen molar-refractivity contribution < 1.29 is 14.6 Å². The maximum absolute atomic E-state index is 10.6. The van der Waals surface area contributed by atoms with Crippen LogP contribution in [0.1, 0.15) is 13.3 Å². The van der Waals surface area contributed by atoms with Crippen LogP contribution in [0.2, 0.25) is 0 Å². The zero-order valence-electron chi connectivity index (χ0n) is 9.59. The first kappa shape index (κ1) is 11.5. The van der Waals surface area contributed by atoms with Gasteiger partial charge in [0.1, 0.15) is 11.9 Å². The van der Waals surface area contributed by atoms with Gasteiger partial charge in [0.2, 0.25) is 0 Å². The molecule has 2 rings (SSSR count). The molecular weight excluding hydrogens is 216 g/mol. The number of hydrogen-bond donors (Lipinski definition) is 1. The Labute approximate surface area is 99.6 Å². The molecule has 1 atom stereocenters. The van der Waals surface area contributed by atoms with Crippen LogP contribution >= 0.6 is 0 Å². The van der Waals surface area contributed by atoms with Gasteiger partial charge in [-0.2, -0.15) is 0 Å². The predicted molar refractivity (Wildman–Crippen MR) is 66.3 cm³/mol. The van der Waals surface area contributed by atoms with Crippen LogP contribution in [-0.4, -0.2) is 17.2 Å². The van der Waals surface area contributed by atoms with Crippen molar-refractivity contribution in [3.63, 3.8) is 0 Å². The summed E-state index contributed by atoms with van der Waals surface area (Å²) in [6.07, 6.45) is -0.332.